The van der Waals surface area contributed by atoms with Gasteiger partial charge in [-0.1, -0.05) is 32.9 Å². The average molecular weight is 526 g/mol. The zero-order chi connectivity index (χ0) is 21.3. The smallest absolute Gasteiger partial charge is 0.246 e. The van der Waals surface area contributed by atoms with Gasteiger partial charge in [0.2, 0.25) is 5.91 Å². The van der Waals surface area contributed by atoms with Crippen molar-refractivity contribution in [1.82, 2.24) is 20.4 Å². The van der Waals surface area contributed by atoms with Crippen LogP contribution in [0, 0.1) is 5.41 Å². The third-order valence-corrected chi connectivity index (χ3v) is 4.47. The molecule has 1 unspecified atom stereocenters. The van der Waals surface area contributed by atoms with Gasteiger partial charge in [-0.15, -0.1) is 24.0 Å². The summed E-state index contributed by atoms with van der Waals surface area (Å²) < 4.78 is 1.59. The van der Waals surface area contributed by atoms with Gasteiger partial charge in [0.15, 0.2) is 5.96 Å². The molecule has 1 aromatic heterocycles. The van der Waals surface area contributed by atoms with Crippen LogP contribution in [-0.4, -0.2) is 34.7 Å². The number of amides is 1. The first-order valence-electron chi connectivity index (χ1n) is 10.1. The van der Waals surface area contributed by atoms with Crippen molar-refractivity contribution < 1.29 is 4.79 Å². The highest BCUT2D eigenvalue weighted by molar-refractivity contribution is 14.0. The Labute approximate surface area is 197 Å². The van der Waals surface area contributed by atoms with E-state index >= 15 is 0 Å². The van der Waals surface area contributed by atoms with Crippen LogP contribution in [0.25, 0.3) is 0 Å². The van der Waals surface area contributed by atoms with Crippen LogP contribution in [0.1, 0.15) is 46.1 Å². The number of carbonyl (C=O) groups excluding carboxylic acids is 1. The van der Waals surface area contributed by atoms with E-state index in [1.54, 1.807) is 30.2 Å². The van der Waals surface area contributed by atoms with Crippen molar-refractivity contribution in [2.45, 2.75) is 59.7 Å². The van der Waals surface area contributed by atoms with Crippen LogP contribution in [0.3, 0.4) is 0 Å². The van der Waals surface area contributed by atoms with E-state index in [1.807, 2.05) is 24.3 Å². The highest BCUT2D eigenvalue weighted by atomic mass is 127. The van der Waals surface area contributed by atoms with Crippen molar-refractivity contribution in [2.24, 2.45) is 10.4 Å². The number of nitrogens with zero attached hydrogens (tertiary/aromatic N) is 3. The molecule has 0 saturated carbocycles. The molecule has 0 bridgehead atoms. The van der Waals surface area contributed by atoms with Gasteiger partial charge in [-0.2, -0.15) is 5.10 Å². The second-order valence-corrected chi connectivity index (χ2v) is 8.52. The standard InChI is InChI=1S/C22H34N6O.HI/c1-17(10-11-22(2,3)4)26-21(23-5)24-15-18-8-6-9-19(14-18)27-20(29)16-28-13-7-12-25-28;/h6-9,12-14,17H,10-11,15-16H2,1-5H3,(H,27,29)(H2,23,24,26);1H. The van der Waals surface area contributed by atoms with Gasteiger partial charge in [0, 0.05) is 37.7 Å². The second kappa shape index (κ2) is 12.6. The van der Waals surface area contributed by atoms with Crippen LogP contribution in [0.4, 0.5) is 5.69 Å². The van der Waals surface area contributed by atoms with Gasteiger partial charge in [-0.05, 0) is 48.9 Å². The van der Waals surface area contributed by atoms with Crippen molar-refractivity contribution in [3.8, 4) is 0 Å². The molecular weight excluding hydrogens is 491 g/mol. The summed E-state index contributed by atoms with van der Waals surface area (Å²) in [4.78, 5) is 16.5. The maximum Gasteiger partial charge on any atom is 0.246 e. The fraction of sp³-hybridized carbons (Fsp3) is 0.500. The van der Waals surface area contributed by atoms with Crippen molar-refractivity contribution >= 4 is 41.5 Å². The van der Waals surface area contributed by atoms with Crippen LogP contribution in [-0.2, 0) is 17.9 Å². The summed E-state index contributed by atoms with van der Waals surface area (Å²) in [7, 11) is 1.78. The minimum Gasteiger partial charge on any atom is -0.354 e. The van der Waals surface area contributed by atoms with Gasteiger partial charge in [0.25, 0.3) is 0 Å². The topological polar surface area (TPSA) is 83.3 Å². The Balaban J connectivity index is 0.00000450. The molecule has 0 fully saturated rings. The van der Waals surface area contributed by atoms with Gasteiger partial charge in [-0.25, -0.2) is 0 Å². The molecule has 0 saturated heterocycles. The molecule has 2 aromatic rings. The summed E-state index contributed by atoms with van der Waals surface area (Å²) in [6.45, 7) is 9.76. The van der Waals surface area contributed by atoms with Crippen LogP contribution in [0.2, 0.25) is 0 Å². The molecule has 0 spiro atoms. The van der Waals surface area contributed by atoms with Crippen LogP contribution in [0.15, 0.2) is 47.7 Å². The SMILES string of the molecule is CN=C(NCc1cccc(NC(=O)Cn2cccn2)c1)NC(C)CCC(C)(C)C.I. The molecule has 0 aliphatic heterocycles. The van der Waals surface area contributed by atoms with Crippen molar-refractivity contribution in [1.29, 1.82) is 0 Å². The molecule has 1 heterocycles. The molecule has 1 aromatic carbocycles. The lowest BCUT2D eigenvalue weighted by molar-refractivity contribution is -0.116. The number of anilines is 1. The van der Waals surface area contributed by atoms with Crippen molar-refractivity contribution in [3.05, 3.63) is 48.3 Å². The van der Waals surface area contributed by atoms with Crippen LogP contribution < -0.4 is 16.0 Å². The summed E-state index contributed by atoms with van der Waals surface area (Å²) >= 11 is 0. The lowest BCUT2D eigenvalue weighted by atomic mass is 9.89. The minimum absolute atomic E-state index is 0. The molecule has 0 radical (unpaired) electrons. The molecule has 2 rings (SSSR count). The number of benzene rings is 1. The first-order chi connectivity index (χ1) is 13.7. The van der Waals surface area contributed by atoms with Gasteiger partial charge >= 0.3 is 0 Å². The molecule has 8 heteroatoms. The lowest BCUT2D eigenvalue weighted by Crippen LogP contribution is -2.42. The summed E-state index contributed by atoms with van der Waals surface area (Å²) in [6.07, 6.45) is 5.66. The summed E-state index contributed by atoms with van der Waals surface area (Å²) in [6, 6.07) is 9.93. The zero-order valence-corrected chi connectivity index (χ0v) is 20.9. The van der Waals surface area contributed by atoms with E-state index in [1.165, 1.54) is 0 Å². The first-order valence-corrected chi connectivity index (χ1v) is 10.1. The van der Waals surface area contributed by atoms with E-state index in [0.29, 0.717) is 18.0 Å². The van der Waals surface area contributed by atoms with Crippen molar-refractivity contribution in [2.75, 3.05) is 12.4 Å². The quantitative estimate of drug-likeness (QED) is 0.276. The summed E-state index contributed by atoms with van der Waals surface area (Å²) in [5, 5.41) is 13.7. The van der Waals surface area contributed by atoms with E-state index in [9.17, 15) is 4.79 Å². The molecule has 30 heavy (non-hydrogen) atoms. The lowest BCUT2D eigenvalue weighted by Gasteiger charge is -2.23. The monoisotopic (exact) mass is 526 g/mol. The van der Waals surface area contributed by atoms with Crippen LogP contribution >= 0.6 is 24.0 Å². The Morgan fingerprint density at radius 2 is 2.03 bits per heavy atom. The Bertz CT molecular complexity index is 798. The summed E-state index contributed by atoms with van der Waals surface area (Å²) in [5.74, 6) is 0.670. The largest absolute Gasteiger partial charge is 0.354 e. The van der Waals surface area contributed by atoms with Gasteiger partial charge in [-0.3, -0.25) is 14.5 Å². The summed E-state index contributed by atoms with van der Waals surface area (Å²) in [5.41, 5.74) is 2.16. The van der Waals surface area contributed by atoms with Gasteiger partial charge in [0.05, 0.1) is 0 Å². The number of aromatic nitrogens is 2. The van der Waals surface area contributed by atoms with E-state index < -0.39 is 0 Å². The maximum atomic E-state index is 12.1. The van der Waals surface area contributed by atoms with Gasteiger partial charge < -0.3 is 16.0 Å². The van der Waals surface area contributed by atoms with Crippen molar-refractivity contribution in [3.63, 3.8) is 0 Å². The van der Waals surface area contributed by atoms with E-state index in [4.69, 9.17) is 0 Å². The molecule has 1 atom stereocenters. The minimum atomic E-state index is -0.107. The number of aliphatic imine (C=N–C) groups is 1. The highest BCUT2D eigenvalue weighted by Gasteiger charge is 2.13. The number of carbonyl (C=O) groups is 1. The Morgan fingerprint density at radius 3 is 2.67 bits per heavy atom. The van der Waals surface area contributed by atoms with E-state index in [2.05, 4.69) is 53.7 Å². The Hall–Kier alpha value is -2.10. The fourth-order valence-electron chi connectivity index (χ4n) is 2.84. The molecule has 7 nitrogen and oxygen atoms in total. The number of hydrogen-bond donors (Lipinski definition) is 3. The van der Waals surface area contributed by atoms with Gasteiger partial charge in [0.1, 0.15) is 6.54 Å². The number of rotatable bonds is 8. The Kier molecular flexibility index (Phi) is 10.9. The normalized spacial score (nSPS) is 12.6. The number of guanidine groups is 1. The number of nitrogens with one attached hydrogen (secondary N) is 3. The highest BCUT2D eigenvalue weighted by Crippen LogP contribution is 2.21. The predicted octanol–water partition coefficient (Wildman–Crippen LogP) is 4.02. The number of hydrogen-bond acceptors (Lipinski definition) is 3. The van der Waals surface area contributed by atoms with E-state index in [-0.39, 0.29) is 36.4 Å². The average Bonchev–Trinajstić information content (AvgIpc) is 3.16. The molecular formula is C22H35IN6O. The Morgan fingerprint density at radius 1 is 1.27 bits per heavy atom. The molecule has 3 N–H and O–H groups in total. The third kappa shape index (κ3) is 10.1. The van der Waals surface area contributed by atoms with Crippen LogP contribution in [0.5, 0.6) is 0 Å². The van der Waals surface area contributed by atoms with E-state index in [0.717, 1.165) is 30.1 Å². The fourth-order valence-corrected chi connectivity index (χ4v) is 2.84. The zero-order valence-electron chi connectivity index (χ0n) is 18.6. The molecule has 166 valence electrons. The molecule has 0 aliphatic carbocycles. The third-order valence-electron chi connectivity index (χ3n) is 4.47. The number of halogens is 1. The second-order valence-electron chi connectivity index (χ2n) is 8.52. The maximum absolute atomic E-state index is 12.1. The first kappa shape index (κ1) is 25.9. The molecule has 0 aliphatic rings. The predicted molar refractivity (Wildman–Crippen MR) is 134 cm³/mol. The molecule has 1 amide bonds.